The zero-order valence-corrected chi connectivity index (χ0v) is 17.4. The molecule has 3 amide bonds. The summed E-state index contributed by atoms with van der Waals surface area (Å²) in [7, 11) is 0. The van der Waals surface area contributed by atoms with Crippen molar-refractivity contribution in [2.75, 3.05) is 0 Å². The number of rotatable bonds is 11. The van der Waals surface area contributed by atoms with Gasteiger partial charge in [-0.2, -0.15) is 0 Å². The maximum atomic E-state index is 12.8. The fourth-order valence-corrected chi connectivity index (χ4v) is 3.01. The quantitative estimate of drug-likeness (QED) is 0.435. The average Bonchev–Trinajstić information content (AvgIpc) is 2.60. The molecule has 0 aliphatic heterocycles. The largest absolute Gasteiger partial charge is 0.368 e. The number of hydrogen-bond donors (Lipinski definition) is 4. The lowest BCUT2D eigenvalue weighted by atomic mass is 9.99. The number of hydrogen-bond acceptors (Lipinski definition) is 3. The lowest BCUT2D eigenvalue weighted by Gasteiger charge is -2.24. The van der Waals surface area contributed by atoms with Gasteiger partial charge in [0, 0.05) is 12.8 Å². The van der Waals surface area contributed by atoms with Gasteiger partial charge in [0.25, 0.3) is 5.91 Å². The molecule has 0 saturated heterocycles. The zero-order chi connectivity index (χ0) is 21.3. The maximum absolute atomic E-state index is 12.8. The van der Waals surface area contributed by atoms with Crippen LogP contribution in [0.15, 0.2) is 30.3 Å². The molecular formula is C21H35N4O3+. The van der Waals surface area contributed by atoms with Gasteiger partial charge in [-0.05, 0) is 23.8 Å². The van der Waals surface area contributed by atoms with E-state index in [0.29, 0.717) is 25.2 Å². The molecule has 0 aliphatic rings. The Labute approximate surface area is 167 Å². The third-order valence-electron chi connectivity index (χ3n) is 4.41. The third-order valence-corrected chi connectivity index (χ3v) is 4.41. The van der Waals surface area contributed by atoms with Crippen molar-refractivity contribution in [1.82, 2.24) is 10.6 Å². The molecule has 7 N–H and O–H groups in total. The van der Waals surface area contributed by atoms with Crippen LogP contribution < -0.4 is 22.1 Å². The molecule has 1 rings (SSSR count). The molecule has 0 aliphatic carbocycles. The van der Waals surface area contributed by atoms with Crippen LogP contribution in [-0.2, 0) is 20.8 Å². The Kier molecular flexibility index (Phi) is 9.65. The van der Waals surface area contributed by atoms with E-state index in [2.05, 4.69) is 16.4 Å². The summed E-state index contributed by atoms with van der Waals surface area (Å²) in [5.41, 5.74) is 10.3. The van der Waals surface area contributed by atoms with Crippen LogP contribution in [0, 0.1) is 11.8 Å². The summed E-state index contributed by atoms with van der Waals surface area (Å²) < 4.78 is 0. The molecule has 1 aromatic carbocycles. The second-order valence-corrected chi connectivity index (χ2v) is 8.17. The summed E-state index contributed by atoms with van der Waals surface area (Å²) in [4.78, 5) is 37.1. The van der Waals surface area contributed by atoms with Crippen molar-refractivity contribution < 1.29 is 20.1 Å². The van der Waals surface area contributed by atoms with E-state index in [-0.39, 0.29) is 11.8 Å². The van der Waals surface area contributed by atoms with Gasteiger partial charge in [0.2, 0.25) is 11.8 Å². The summed E-state index contributed by atoms with van der Waals surface area (Å²) in [5.74, 6) is -0.755. The highest BCUT2D eigenvalue weighted by molar-refractivity contribution is 5.92. The minimum atomic E-state index is -0.840. The molecule has 0 saturated carbocycles. The van der Waals surface area contributed by atoms with E-state index in [1.54, 1.807) is 0 Å². The van der Waals surface area contributed by atoms with Crippen molar-refractivity contribution in [2.45, 2.75) is 65.1 Å². The van der Waals surface area contributed by atoms with E-state index in [0.717, 1.165) is 5.56 Å². The Hall–Kier alpha value is -2.41. The van der Waals surface area contributed by atoms with Crippen molar-refractivity contribution in [3.05, 3.63) is 35.9 Å². The topological polar surface area (TPSA) is 129 Å². The van der Waals surface area contributed by atoms with Crippen LogP contribution in [0.3, 0.4) is 0 Å². The molecule has 156 valence electrons. The summed E-state index contributed by atoms with van der Waals surface area (Å²) in [6.07, 6.45) is 1.40. The fraction of sp³-hybridized carbons (Fsp3) is 0.571. The molecule has 0 aromatic heterocycles. The van der Waals surface area contributed by atoms with Gasteiger partial charge in [0.1, 0.15) is 12.1 Å². The molecule has 0 bridgehead atoms. The standard InChI is InChI=1S/C21H34N4O3/c1-13(2)10-16(22)20(27)25-18(11-14(3)4)21(28)24-17(19(23)26)12-15-8-6-5-7-9-15/h5-9,13-14,16-18H,10-12,22H2,1-4H3,(H2,23,26)(H,24,28)(H,25,27)/p+1/t16-,17-,18-/m0/s1. The van der Waals surface area contributed by atoms with Crippen LogP contribution >= 0.6 is 0 Å². The number of nitrogens with two attached hydrogens (primary N) is 1. The van der Waals surface area contributed by atoms with Crippen molar-refractivity contribution >= 4 is 17.7 Å². The van der Waals surface area contributed by atoms with E-state index < -0.39 is 29.9 Å². The van der Waals surface area contributed by atoms with Gasteiger partial charge in [-0.3, -0.25) is 14.4 Å². The smallest absolute Gasteiger partial charge is 0.278 e. The molecule has 7 nitrogen and oxygen atoms in total. The SMILES string of the molecule is CC(C)C[C@H](NC(=O)[C@@H]([NH3+])CC(C)C)C(=O)N[C@@H](Cc1ccccc1)C(N)=O. The van der Waals surface area contributed by atoms with Gasteiger partial charge < -0.3 is 22.1 Å². The number of primary amides is 1. The number of quaternary nitrogens is 1. The summed E-state index contributed by atoms with van der Waals surface area (Å²) in [6.45, 7) is 7.98. The first-order valence-electron chi connectivity index (χ1n) is 9.87. The molecular weight excluding hydrogens is 356 g/mol. The number of carbonyl (C=O) groups excluding carboxylic acids is 3. The predicted molar refractivity (Wildman–Crippen MR) is 109 cm³/mol. The lowest BCUT2D eigenvalue weighted by Crippen LogP contribution is -2.69. The molecule has 0 unspecified atom stereocenters. The molecule has 28 heavy (non-hydrogen) atoms. The minimum absolute atomic E-state index is 0.186. The highest BCUT2D eigenvalue weighted by atomic mass is 16.2. The van der Waals surface area contributed by atoms with Crippen LogP contribution in [0.25, 0.3) is 0 Å². The monoisotopic (exact) mass is 391 g/mol. The van der Waals surface area contributed by atoms with E-state index >= 15 is 0 Å². The molecule has 1 aromatic rings. The van der Waals surface area contributed by atoms with Crippen molar-refractivity contribution in [2.24, 2.45) is 17.6 Å². The molecule has 0 radical (unpaired) electrons. The summed E-state index contributed by atoms with van der Waals surface area (Å²) >= 11 is 0. The Bertz CT molecular complexity index is 646. The maximum Gasteiger partial charge on any atom is 0.278 e. The van der Waals surface area contributed by atoms with Crippen molar-refractivity contribution in [3.8, 4) is 0 Å². The summed E-state index contributed by atoms with van der Waals surface area (Å²) in [5, 5.41) is 5.50. The lowest BCUT2D eigenvalue weighted by molar-refractivity contribution is -0.406. The van der Waals surface area contributed by atoms with Crippen LogP contribution in [0.4, 0.5) is 0 Å². The molecule has 0 spiro atoms. The number of amides is 3. The van der Waals surface area contributed by atoms with Gasteiger partial charge in [0.15, 0.2) is 6.04 Å². The van der Waals surface area contributed by atoms with E-state index in [1.807, 2.05) is 58.0 Å². The number of nitrogens with one attached hydrogen (secondary N) is 2. The number of carbonyl (C=O) groups is 3. The highest BCUT2D eigenvalue weighted by Gasteiger charge is 2.29. The van der Waals surface area contributed by atoms with E-state index in [9.17, 15) is 14.4 Å². The Morgan fingerprint density at radius 2 is 1.43 bits per heavy atom. The number of benzene rings is 1. The van der Waals surface area contributed by atoms with Crippen LogP contribution in [-0.4, -0.2) is 35.8 Å². The Balaban J connectivity index is 2.83. The normalized spacial score (nSPS) is 14.4. The van der Waals surface area contributed by atoms with Gasteiger partial charge in [-0.1, -0.05) is 58.0 Å². The van der Waals surface area contributed by atoms with E-state index in [1.165, 1.54) is 0 Å². The second kappa shape index (κ2) is 11.4. The van der Waals surface area contributed by atoms with Gasteiger partial charge in [-0.15, -0.1) is 0 Å². The highest BCUT2D eigenvalue weighted by Crippen LogP contribution is 2.09. The predicted octanol–water partition coefficient (Wildman–Crippen LogP) is 0.387. The third kappa shape index (κ3) is 8.52. The first-order chi connectivity index (χ1) is 13.1. The van der Waals surface area contributed by atoms with E-state index in [4.69, 9.17) is 5.73 Å². The van der Waals surface area contributed by atoms with Crippen LogP contribution in [0.5, 0.6) is 0 Å². The van der Waals surface area contributed by atoms with Gasteiger partial charge in [0.05, 0.1) is 0 Å². The average molecular weight is 392 g/mol. The first kappa shape index (κ1) is 23.6. The molecule has 0 fully saturated rings. The second-order valence-electron chi connectivity index (χ2n) is 8.17. The minimum Gasteiger partial charge on any atom is -0.368 e. The van der Waals surface area contributed by atoms with Crippen LogP contribution in [0.1, 0.15) is 46.1 Å². The molecule has 0 heterocycles. The Morgan fingerprint density at radius 1 is 0.893 bits per heavy atom. The van der Waals surface area contributed by atoms with Crippen molar-refractivity contribution in [1.29, 1.82) is 0 Å². The van der Waals surface area contributed by atoms with Gasteiger partial charge in [-0.25, -0.2) is 0 Å². The summed E-state index contributed by atoms with van der Waals surface area (Å²) in [6, 6.07) is 7.33. The van der Waals surface area contributed by atoms with Crippen molar-refractivity contribution in [3.63, 3.8) is 0 Å². The zero-order valence-electron chi connectivity index (χ0n) is 17.4. The van der Waals surface area contributed by atoms with Gasteiger partial charge >= 0.3 is 0 Å². The van der Waals surface area contributed by atoms with Crippen LogP contribution in [0.2, 0.25) is 0 Å². The first-order valence-corrected chi connectivity index (χ1v) is 9.87. The molecule has 7 heteroatoms. The molecule has 3 atom stereocenters. The Morgan fingerprint density at radius 3 is 1.93 bits per heavy atom. The fourth-order valence-electron chi connectivity index (χ4n) is 3.01.